The molecule has 7 nitrogen and oxygen atoms in total. The summed E-state index contributed by atoms with van der Waals surface area (Å²) < 4.78 is 11.7. The molecule has 1 atom stereocenters. The number of nitrogens with two attached hydrogens (primary N) is 1. The van der Waals surface area contributed by atoms with Gasteiger partial charge < -0.3 is 15.2 Å². The van der Waals surface area contributed by atoms with Crippen molar-refractivity contribution in [3.05, 3.63) is 46.5 Å². The monoisotopic (exact) mass is 290 g/mol. The van der Waals surface area contributed by atoms with Gasteiger partial charge in [-0.2, -0.15) is 5.10 Å². The Kier molecular flexibility index (Phi) is 4.89. The van der Waals surface area contributed by atoms with Gasteiger partial charge in [0.1, 0.15) is 12.4 Å². The van der Waals surface area contributed by atoms with Crippen LogP contribution in [0.15, 0.2) is 35.3 Å². The Labute approximate surface area is 122 Å². The average molecular weight is 290 g/mol. The Morgan fingerprint density at radius 3 is 2.90 bits per heavy atom. The fourth-order valence-electron chi connectivity index (χ4n) is 1.66. The second-order valence-electron chi connectivity index (χ2n) is 4.65. The van der Waals surface area contributed by atoms with E-state index in [1.807, 2.05) is 13.0 Å². The van der Waals surface area contributed by atoms with Crippen LogP contribution in [0.2, 0.25) is 0 Å². The highest BCUT2D eigenvalue weighted by Crippen LogP contribution is 2.08. The molecular weight excluding hydrogens is 272 g/mol. The zero-order valence-electron chi connectivity index (χ0n) is 12.0. The van der Waals surface area contributed by atoms with Gasteiger partial charge in [0.2, 0.25) is 5.88 Å². The topological polar surface area (TPSA) is 92.3 Å². The third-order valence-corrected chi connectivity index (χ3v) is 2.66. The molecule has 112 valence electrons. The number of nitrogens with zero attached hydrogens (tertiary/aromatic N) is 3. The highest BCUT2D eigenvalue weighted by molar-refractivity contribution is 5.17. The van der Waals surface area contributed by atoms with Gasteiger partial charge in [-0.15, -0.1) is 0 Å². The Balaban J connectivity index is 2.12. The molecule has 2 aromatic rings. The largest absolute Gasteiger partial charge is 0.490 e. The minimum absolute atomic E-state index is 0.103. The number of ether oxygens (including phenoxy) is 2. The van der Waals surface area contributed by atoms with Gasteiger partial charge in [0.25, 0.3) is 5.56 Å². The van der Waals surface area contributed by atoms with E-state index in [4.69, 9.17) is 15.2 Å². The van der Waals surface area contributed by atoms with Crippen LogP contribution in [0.25, 0.3) is 0 Å². The highest BCUT2D eigenvalue weighted by atomic mass is 16.5. The summed E-state index contributed by atoms with van der Waals surface area (Å²) in [6.07, 6.45) is 1.49. The molecule has 0 spiro atoms. The summed E-state index contributed by atoms with van der Waals surface area (Å²) in [7, 11) is 1.54. The van der Waals surface area contributed by atoms with Gasteiger partial charge in [-0.05, 0) is 13.0 Å². The third-order valence-electron chi connectivity index (χ3n) is 2.66. The fraction of sp³-hybridized carbons (Fsp3) is 0.357. The van der Waals surface area contributed by atoms with E-state index in [2.05, 4.69) is 10.1 Å². The maximum atomic E-state index is 12.0. The molecule has 0 radical (unpaired) electrons. The lowest BCUT2D eigenvalue weighted by molar-refractivity contribution is 0.293. The van der Waals surface area contributed by atoms with E-state index < -0.39 is 0 Å². The predicted octanol–water partition coefficient (Wildman–Crippen LogP) is 0.421. The van der Waals surface area contributed by atoms with Gasteiger partial charge in [-0.1, -0.05) is 6.07 Å². The highest BCUT2D eigenvalue weighted by Gasteiger charge is 2.05. The van der Waals surface area contributed by atoms with Crippen molar-refractivity contribution in [3.63, 3.8) is 0 Å². The van der Waals surface area contributed by atoms with E-state index >= 15 is 0 Å². The lowest BCUT2D eigenvalue weighted by Crippen LogP contribution is -2.26. The number of rotatable bonds is 6. The van der Waals surface area contributed by atoms with Gasteiger partial charge in [0.15, 0.2) is 0 Å². The second-order valence-corrected chi connectivity index (χ2v) is 4.65. The quantitative estimate of drug-likeness (QED) is 0.829. The molecule has 1 unspecified atom stereocenters. The van der Waals surface area contributed by atoms with Gasteiger partial charge in [0, 0.05) is 18.2 Å². The summed E-state index contributed by atoms with van der Waals surface area (Å²) in [5, 5.41) is 4.06. The number of aromatic nitrogens is 3. The van der Waals surface area contributed by atoms with Crippen molar-refractivity contribution in [2.75, 3.05) is 13.7 Å². The van der Waals surface area contributed by atoms with Gasteiger partial charge in [-0.3, -0.25) is 4.79 Å². The molecule has 0 fully saturated rings. The first-order chi connectivity index (χ1) is 10.1. The summed E-state index contributed by atoms with van der Waals surface area (Å²) >= 11 is 0. The fourth-order valence-corrected chi connectivity index (χ4v) is 1.66. The maximum Gasteiger partial charge on any atom is 0.270 e. The van der Waals surface area contributed by atoms with Crippen molar-refractivity contribution in [3.8, 4) is 11.6 Å². The Hall–Kier alpha value is -2.41. The van der Waals surface area contributed by atoms with E-state index in [1.165, 1.54) is 16.9 Å². The standard InChI is InChI=1S/C14H18N4O3/c1-10(15)9-21-12-6-14(19)18(16-7-12)8-11-4-3-5-13(17-11)20-2/h3-7,10H,8-9,15H2,1-2H3. The van der Waals surface area contributed by atoms with Crippen molar-refractivity contribution in [1.29, 1.82) is 0 Å². The molecule has 2 aromatic heterocycles. The Bertz CT molecular complexity index is 655. The van der Waals surface area contributed by atoms with E-state index in [1.54, 1.807) is 19.2 Å². The first-order valence-corrected chi connectivity index (χ1v) is 6.54. The molecule has 0 aliphatic heterocycles. The molecule has 21 heavy (non-hydrogen) atoms. The van der Waals surface area contributed by atoms with Crippen molar-refractivity contribution >= 4 is 0 Å². The second kappa shape index (κ2) is 6.85. The SMILES string of the molecule is COc1cccc(Cn2ncc(OCC(C)N)cc2=O)n1. The van der Waals surface area contributed by atoms with Crippen LogP contribution in [0.5, 0.6) is 11.6 Å². The first kappa shape index (κ1) is 15.0. The zero-order valence-corrected chi connectivity index (χ0v) is 12.0. The smallest absolute Gasteiger partial charge is 0.270 e. The number of hydrogen-bond acceptors (Lipinski definition) is 6. The number of pyridine rings is 1. The van der Waals surface area contributed by atoms with Gasteiger partial charge in [-0.25, -0.2) is 9.67 Å². The summed E-state index contributed by atoms with van der Waals surface area (Å²) in [5.41, 5.74) is 6.01. The lowest BCUT2D eigenvalue weighted by Gasteiger charge is -2.09. The van der Waals surface area contributed by atoms with Gasteiger partial charge in [0.05, 0.1) is 25.5 Å². The van der Waals surface area contributed by atoms with Crippen LogP contribution < -0.4 is 20.8 Å². The van der Waals surface area contributed by atoms with Gasteiger partial charge >= 0.3 is 0 Å². The minimum atomic E-state index is -0.262. The normalized spacial score (nSPS) is 12.0. The number of methoxy groups -OCH3 is 1. The summed E-state index contributed by atoms with van der Waals surface area (Å²) in [6.45, 7) is 2.43. The first-order valence-electron chi connectivity index (χ1n) is 6.54. The lowest BCUT2D eigenvalue weighted by atomic mass is 10.3. The molecule has 2 N–H and O–H groups in total. The van der Waals surface area contributed by atoms with Crippen molar-refractivity contribution in [1.82, 2.24) is 14.8 Å². The zero-order chi connectivity index (χ0) is 15.2. The number of hydrogen-bond donors (Lipinski definition) is 1. The van der Waals surface area contributed by atoms with Crippen molar-refractivity contribution in [2.45, 2.75) is 19.5 Å². The molecule has 0 bridgehead atoms. The van der Waals surface area contributed by atoms with E-state index in [9.17, 15) is 4.79 Å². The Morgan fingerprint density at radius 2 is 2.24 bits per heavy atom. The molecule has 7 heteroatoms. The van der Waals surface area contributed by atoms with Crippen LogP contribution in [0.1, 0.15) is 12.6 Å². The van der Waals surface area contributed by atoms with Crippen LogP contribution in [0.4, 0.5) is 0 Å². The molecule has 0 saturated carbocycles. The van der Waals surface area contributed by atoms with Crippen LogP contribution >= 0.6 is 0 Å². The molecule has 0 saturated heterocycles. The summed E-state index contributed by atoms with van der Waals surface area (Å²) in [4.78, 5) is 16.2. The van der Waals surface area contributed by atoms with Crippen LogP contribution in [0, 0.1) is 0 Å². The van der Waals surface area contributed by atoms with Crippen molar-refractivity contribution in [2.24, 2.45) is 5.73 Å². The van der Waals surface area contributed by atoms with Crippen LogP contribution in [-0.2, 0) is 6.54 Å². The molecule has 0 aliphatic carbocycles. The average Bonchev–Trinajstić information content (AvgIpc) is 2.48. The summed E-state index contributed by atoms with van der Waals surface area (Å²) in [5.74, 6) is 0.907. The third kappa shape index (κ3) is 4.28. The Morgan fingerprint density at radius 1 is 1.43 bits per heavy atom. The summed E-state index contributed by atoms with van der Waals surface area (Å²) in [6, 6.07) is 6.64. The van der Waals surface area contributed by atoms with Crippen LogP contribution in [-0.4, -0.2) is 34.5 Å². The molecule has 0 amide bonds. The molecule has 2 heterocycles. The maximum absolute atomic E-state index is 12.0. The van der Waals surface area contributed by atoms with E-state index in [0.29, 0.717) is 23.9 Å². The molecule has 0 aliphatic rings. The molecular formula is C14H18N4O3. The van der Waals surface area contributed by atoms with Crippen molar-refractivity contribution < 1.29 is 9.47 Å². The molecule has 0 aromatic carbocycles. The predicted molar refractivity (Wildman–Crippen MR) is 77.5 cm³/mol. The minimum Gasteiger partial charge on any atom is -0.490 e. The van der Waals surface area contributed by atoms with E-state index in [0.717, 1.165) is 0 Å². The molecule has 2 rings (SSSR count). The van der Waals surface area contributed by atoms with Crippen LogP contribution in [0.3, 0.4) is 0 Å². The van der Waals surface area contributed by atoms with E-state index in [-0.39, 0.29) is 18.1 Å².